The van der Waals surface area contributed by atoms with Crippen LogP contribution in [0.25, 0.3) is 5.57 Å². The lowest BCUT2D eigenvalue weighted by atomic mass is 10.3. The Balaban J connectivity index is 2.08. The van der Waals surface area contributed by atoms with Gasteiger partial charge < -0.3 is 10.1 Å². The first-order valence-corrected chi connectivity index (χ1v) is 9.68. The Labute approximate surface area is 155 Å². The Morgan fingerprint density at radius 1 is 1.38 bits per heavy atom. The predicted molar refractivity (Wildman–Crippen MR) is 97.7 cm³/mol. The smallest absolute Gasteiger partial charge is 0.320 e. The average molecular weight is 392 g/mol. The lowest BCUT2D eigenvalue weighted by Gasteiger charge is -2.07. The summed E-state index contributed by atoms with van der Waals surface area (Å²) in [4.78, 5) is 15.3. The number of benzene rings is 1. The molecule has 0 aliphatic rings. The van der Waals surface area contributed by atoms with Gasteiger partial charge in [0.05, 0.1) is 12.0 Å². The van der Waals surface area contributed by atoms with Crippen molar-refractivity contribution in [2.24, 2.45) is 0 Å². The maximum atomic E-state index is 12.1. The molecule has 136 valence electrons. The normalized spacial score (nSPS) is 11.7. The molecule has 1 aromatic heterocycles. The minimum absolute atomic E-state index is 0.00647. The van der Waals surface area contributed by atoms with Gasteiger partial charge in [0, 0.05) is 23.0 Å². The largest absolute Gasteiger partial charge is 0.468 e. The Morgan fingerprint density at radius 2 is 2.08 bits per heavy atom. The lowest BCUT2D eigenvalue weighted by molar-refractivity contribution is -0.139. The second-order valence-corrected chi connectivity index (χ2v) is 7.66. The second-order valence-electron chi connectivity index (χ2n) is 5.03. The molecule has 0 saturated carbocycles. The van der Waals surface area contributed by atoms with Crippen molar-refractivity contribution >= 4 is 38.6 Å². The molecular weight excluding hydrogens is 376 g/mol. The lowest BCUT2D eigenvalue weighted by Crippen LogP contribution is -2.30. The van der Waals surface area contributed by atoms with Crippen molar-refractivity contribution < 1.29 is 17.9 Å². The number of methoxy groups -OCH3 is 1. The number of carbonyl (C=O) groups excluding carboxylic acids is 1. The van der Waals surface area contributed by atoms with E-state index in [1.54, 1.807) is 12.1 Å². The fourth-order valence-electron chi connectivity index (χ4n) is 1.81. The van der Waals surface area contributed by atoms with Crippen LogP contribution >= 0.6 is 11.3 Å². The van der Waals surface area contributed by atoms with Crippen molar-refractivity contribution in [3.8, 4) is 6.07 Å². The molecule has 0 amide bonds. The molecule has 26 heavy (non-hydrogen) atoms. The number of nitrogens with zero attached hydrogens (tertiary/aromatic N) is 2. The Bertz CT molecular complexity index is 957. The van der Waals surface area contributed by atoms with Crippen LogP contribution in [0.1, 0.15) is 10.7 Å². The number of nitriles is 1. The van der Waals surface area contributed by atoms with Gasteiger partial charge in [0.1, 0.15) is 23.2 Å². The van der Waals surface area contributed by atoms with Crippen molar-refractivity contribution in [1.82, 2.24) is 9.71 Å². The van der Waals surface area contributed by atoms with Crippen LogP contribution in [0.2, 0.25) is 0 Å². The summed E-state index contributed by atoms with van der Waals surface area (Å²) in [6.07, 6.45) is 1.51. The number of sulfonamides is 1. The summed E-state index contributed by atoms with van der Waals surface area (Å²) in [5.74, 6) is -0.682. The first-order chi connectivity index (χ1) is 12.4. The van der Waals surface area contributed by atoms with Crippen LogP contribution in [-0.4, -0.2) is 33.0 Å². The highest BCUT2D eigenvalue weighted by molar-refractivity contribution is 7.89. The average Bonchev–Trinajstić information content (AvgIpc) is 3.07. The second kappa shape index (κ2) is 8.57. The zero-order valence-corrected chi connectivity index (χ0v) is 15.6. The topological polar surface area (TPSA) is 121 Å². The zero-order chi connectivity index (χ0) is 19.2. The zero-order valence-electron chi connectivity index (χ0n) is 14.0. The Kier molecular flexibility index (Phi) is 6.46. The summed E-state index contributed by atoms with van der Waals surface area (Å²) in [6, 6.07) is 7.93. The van der Waals surface area contributed by atoms with Crippen LogP contribution < -0.4 is 10.0 Å². The number of allylic oxidation sites excluding steroid dienone is 1. The molecule has 0 bridgehead atoms. The van der Waals surface area contributed by atoms with Crippen LogP contribution in [0.15, 0.2) is 40.7 Å². The Morgan fingerprint density at radius 3 is 2.62 bits per heavy atom. The van der Waals surface area contributed by atoms with Crippen LogP contribution in [0, 0.1) is 18.3 Å². The molecule has 1 aromatic carbocycles. The van der Waals surface area contributed by atoms with Crippen LogP contribution in [-0.2, 0) is 19.6 Å². The van der Waals surface area contributed by atoms with Gasteiger partial charge in [-0.25, -0.2) is 13.4 Å². The maximum Gasteiger partial charge on any atom is 0.320 e. The van der Waals surface area contributed by atoms with Gasteiger partial charge >= 0.3 is 5.97 Å². The number of hydrogen-bond acceptors (Lipinski definition) is 8. The molecule has 2 aromatic rings. The van der Waals surface area contributed by atoms with E-state index in [9.17, 15) is 18.5 Å². The predicted octanol–water partition coefficient (Wildman–Crippen LogP) is 1.88. The summed E-state index contributed by atoms with van der Waals surface area (Å²) in [6.45, 7) is 1.40. The summed E-state index contributed by atoms with van der Waals surface area (Å²) in [7, 11) is -2.64. The van der Waals surface area contributed by atoms with E-state index in [1.807, 2.05) is 12.3 Å². The first-order valence-electron chi connectivity index (χ1n) is 7.31. The number of ether oxygens (including phenoxy) is 1. The SMILES string of the molecule is COC(=O)CNS(=O)(=O)c1ccc(N/C=C(\C#N)c2nc(C)cs2)cc1. The van der Waals surface area contributed by atoms with Gasteiger partial charge in [-0.15, -0.1) is 11.3 Å². The van der Waals surface area contributed by atoms with Crippen molar-refractivity contribution in [3.63, 3.8) is 0 Å². The van der Waals surface area contributed by atoms with Crippen LogP contribution in [0.3, 0.4) is 0 Å². The van der Waals surface area contributed by atoms with E-state index in [-0.39, 0.29) is 4.90 Å². The van der Waals surface area contributed by atoms with Crippen molar-refractivity contribution in [2.45, 2.75) is 11.8 Å². The molecule has 1 heterocycles. The summed E-state index contributed by atoms with van der Waals surface area (Å²) in [5.41, 5.74) is 1.80. The molecule has 0 unspecified atom stereocenters. The van der Waals surface area contributed by atoms with Gasteiger partial charge in [-0.05, 0) is 31.2 Å². The number of esters is 1. The van der Waals surface area contributed by atoms with Gasteiger partial charge in [0.25, 0.3) is 0 Å². The minimum Gasteiger partial charge on any atom is -0.468 e. The fraction of sp³-hybridized carbons (Fsp3) is 0.188. The molecule has 0 fully saturated rings. The monoisotopic (exact) mass is 392 g/mol. The maximum absolute atomic E-state index is 12.1. The molecule has 10 heteroatoms. The highest BCUT2D eigenvalue weighted by Gasteiger charge is 2.15. The highest BCUT2D eigenvalue weighted by atomic mass is 32.2. The number of carbonyl (C=O) groups is 1. The number of nitrogens with one attached hydrogen (secondary N) is 2. The van der Waals surface area contributed by atoms with Crippen molar-refractivity contribution in [2.75, 3.05) is 19.0 Å². The quantitative estimate of drug-likeness (QED) is 0.545. The first kappa shape index (κ1) is 19.6. The van der Waals surface area contributed by atoms with E-state index in [0.717, 1.165) is 5.69 Å². The summed E-state index contributed by atoms with van der Waals surface area (Å²) >= 11 is 1.37. The van der Waals surface area contributed by atoms with Gasteiger partial charge in [0.15, 0.2) is 0 Å². The van der Waals surface area contributed by atoms with Crippen LogP contribution in [0.5, 0.6) is 0 Å². The number of rotatable bonds is 7. The van der Waals surface area contributed by atoms with E-state index in [4.69, 9.17) is 0 Å². The van der Waals surface area contributed by atoms with E-state index in [0.29, 0.717) is 16.3 Å². The number of thiazole rings is 1. The molecule has 0 spiro atoms. The highest BCUT2D eigenvalue weighted by Crippen LogP contribution is 2.20. The molecule has 8 nitrogen and oxygen atoms in total. The molecule has 0 atom stereocenters. The third-order valence-corrected chi connectivity index (χ3v) is 5.56. The number of aryl methyl sites for hydroxylation is 1. The number of hydrogen-bond donors (Lipinski definition) is 2. The molecule has 2 rings (SSSR count). The van der Waals surface area contributed by atoms with E-state index in [1.165, 1.54) is 36.8 Å². The van der Waals surface area contributed by atoms with E-state index in [2.05, 4.69) is 25.8 Å². The minimum atomic E-state index is -3.81. The van der Waals surface area contributed by atoms with Crippen molar-refractivity contribution in [1.29, 1.82) is 5.26 Å². The molecule has 2 N–H and O–H groups in total. The number of anilines is 1. The molecule has 0 aliphatic heterocycles. The van der Waals surface area contributed by atoms with Gasteiger partial charge in [-0.1, -0.05) is 0 Å². The molecule has 0 aliphatic carbocycles. The van der Waals surface area contributed by atoms with Gasteiger partial charge in [-0.3, -0.25) is 4.79 Å². The molecule has 0 saturated heterocycles. The van der Waals surface area contributed by atoms with Crippen LogP contribution in [0.4, 0.5) is 5.69 Å². The van der Waals surface area contributed by atoms with Gasteiger partial charge in [0.2, 0.25) is 10.0 Å². The van der Waals surface area contributed by atoms with E-state index < -0.39 is 22.5 Å². The fourth-order valence-corrected chi connectivity index (χ4v) is 3.55. The van der Waals surface area contributed by atoms with E-state index >= 15 is 0 Å². The Hall–Kier alpha value is -2.74. The number of aromatic nitrogens is 1. The standard InChI is InChI=1S/C16H16N4O4S2/c1-11-10-25-16(20-11)12(7-17)8-18-13-3-5-14(6-4-13)26(22,23)19-9-15(21)24-2/h3-6,8,10,18-19H,9H2,1-2H3/b12-8+. The third-order valence-electron chi connectivity index (χ3n) is 3.15. The molecule has 0 radical (unpaired) electrons. The van der Waals surface area contributed by atoms with Crippen molar-refractivity contribution in [3.05, 3.63) is 46.5 Å². The molecular formula is C16H16N4O4S2. The summed E-state index contributed by atoms with van der Waals surface area (Å²) in [5, 5.41) is 14.6. The third kappa shape index (κ3) is 5.13. The summed E-state index contributed by atoms with van der Waals surface area (Å²) < 4.78 is 30.7. The van der Waals surface area contributed by atoms with Gasteiger partial charge in [-0.2, -0.15) is 9.98 Å².